The van der Waals surface area contributed by atoms with Crippen molar-refractivity contribution < 1.29 is 14.6 Å². The van der Waals surface area contributed by atoms with Crippen LogP contribution in [0.15, 0.2) is 18.2 Å². The van der Waals surface area contributed by atoms with Crippen LogP contribution in [0.2, 0.25) is 0 Å². The molecule has 2 nitrogen and oxygen atoms in total. The zero-order chi connectivity index (χ0) is 11.4. The van der Waals surface area contributed by atoms with Gasteiger partial charge in [-0.3, -0.25) is 0 Å². The standard InChI is InChI=1S/C11H14ClFO2/c1-7-4-8(6-9(13)5-7)11(15)10(14)2-3-12/h4-6,10-11,14-15H,2-3H2,1H3. The first-order valence-corrected chi connectivity index (χ1v) is 5.27. The third-order valence-electron chi connectivity index (χ3n) is 2.18. The molecular weight excluding hydrogens is 219 g/mol. The van der Waals surface area contributed by atoms with Gasteiger partial charge in [0.2, 0.25) is 0 Å². The summed E-state index contributed by atoms with van der Waals surface area (Å²) in [6.07, 6.45) is -1.76. The number of halogens is 2. The molecular formula is C11H14ClFO2. The van der Waals surface area contributed by atoms with Crippen molar-refractivity contribution in [3.8, 4) is 0 Å². The van der Waals surface area contributed by atoms with Gasteiger partial charge in [-0.2, -0.15) is 0 Å². The minimum atomic E-state index is -1.09. The summed E-state index contributed by atoms with van der Waals surface area (Å²) >= 11 is 5.45. The number of aryl methyl sites for hydroxylation is 1. The highest BCUT2D eigenvalue weighted by Crippen LogP contribution is 2.21. The van der Waals surface area contributed by atoms with Crippen LogP contribution in [0.1, 0.15) is 23.7 Å². The first kappa shape index (κ1) is 12.4. The number of aliphatic hydroxyl groups excluding tert-OH is 2. The third kappa shape index (κ3) is 3.45. The zero-order valence-electron chi connectivity index (χ0n) is 8.45. The van der Waals surface area contributed by atoms with Crippen LogP contribution in [-0.2, 0) is 0 Å². The monoisotopic (exact) mass is 232 g/mol. The Bertz CT molecular complexity index is 310. The Kier molecular flexibility index (Phi) is 4.51. The quantitative estimate of drug-likeness (QED) is 0.781. The molecule has 2 unspecified atom stereocenters. The van der Waals surface area contributed by atoms with Crippen molar-refractivity contribution in [3.05, 3.63) is 35.1 Å². The molecule has 0 radical (unpaired) electrons. The SMILES string of the molecule is Cc1cc(F)cc(C(O)C(O)CCCl)c1. The molecule has 0 saturated heterocycles. The second-order valence-corrected chi connectivity index (χ2v) is 3.93. The zero-order valence-corrected chi connectivity index (χ0v) is 9.21. The maximum Gasteiger partial charge on any atom is 0.123 e. The number of hydrogen-bond donors (Lipinski definition) is 2. The van der Waals surface area contributed by atoms with Crippen molar-refractivity contribution in [2.75, 3.05) is 5.88 Å². The molecule has 84 valence electrons. The van der Waals surface area contributed by atoms with Gasteiger partial charge in [-0.1, -0.05) is 6.07 Å². The molecule has 0 spiro atoms. The van der Waals surface area contributed by atoms with Crippen LogP contribution < -0.4 is 0 Å². The van der Waals surface area contributed by atoms with Gasteiger partial charge in [-0.15, -0.1) is 11.6 Å². The molecule has 0 amide bonds. The smallest absolute Gasteiger partial charge is 0.123 e. The first-order chi connectivity index (χ1) is 7.04. The second kappa shape index (κ2) is 5.45. The molecule has 0 heterocycles. The van der Waals surface area contributed by atoms with Gasteiger partial charge >= 0.3 is 0 Å². The van der Waals surface area contributed by atoms with Crippen LogP contribution in [0.5, 0.6) is 0 Å². The minimum absolute atomic E-state index is 0.256. The van der Waals surface area contributed by atoms with Gasteiger partial charge in [-0.25, -0.2) is 4.39 Å². The van der Waals surface area contributed by atoms with Gasteiger partial charge in [0.25, 0.3) is 0 Å². The van der Waals surface area contributed by atoms with Crippen molar-refractivity contribution in [3.63, 3.8) is 0 Å². The van der Waals surface area contributed by atoms with Crippen LogP contribution in [0.3, 0.4) is 0 Å². The predicted molar refractivity (Wildman–Crippen MR) is 57.4 cm³/mol. The lowest BCUT2D eigenvalue weighted by molar-refractivity contribution is 0.0168. The van der Waals surface area contributed by atoms with E-state index in [9.17, 15) is 14.6 Å². The molecule has 15 heavy (non-hydrogen) atoms. The third-order valence-corrected chi connectivity index (χ3v) is 2.39. The Morgan fingerprint density at radius 1 is 1.33 bits per heavy atom. The molecule has 4 heteroatoms. The molecule has 0 fully saturated rings. The topological polar surface area (TPSA) is 40.5 Å². The summed E-state index contributed by atoms with van der Waals surface area (Å²) in [6.45, 7) is 1.73. The lowest BCUT2D eigenvalue weighted by Crippen LogP contribution is -2.18. The van der Waals surface area contributed by atoms with E-state index in [1.807, 2.05) is 0 Å². The molecule has 0 aliphatic heterocycles. The van der Waals surface area contributed by atoms with E-state index in [1.165, 1.54) is 12.1 Å². The van der Waals surface area contributed by atoms with Crippen molar-refractivity contribution >= 4 is 11.6 Å². The summed E-state index contributed by atoms with van der Waals surface area (Å²) in [5.74, 6) is -0.158. The highest BCUT2D eigenvalue weighted by molar-refractivity contribution is 6.17. The van der Waals surface area contributed by atoms with Gasteiger partial charge in [0.05, 0.1) is 6.10 Å². The fourth-order valence-corrected chi connectivity index (χ4v) is 1.65. The molecule has 1 aromatic carbocycles. The molecule has 0 aliphatic rings. The Labute approximate surface area is 93.3 Å². The van der Waals surface area contributed by atoms with E-state index in [4.69, 9.17) is 11.6 Å². The molecule has 2 N–H and O–H groups in total. The summed E-state index contributed by atoms with van der Waals surface area (Å²) in [6, 6.07) is 4.23. The van der Waals surface area contributed by atoms with Gasteiger partial charge < -0.3 is 10.2 Å². The highest BCUT2D eigenvalue weighted by atomic mass is 35.5. The number of rotatable bonds is 4. The lowest BCUT2D eigenvalue weighted by Gasteiger charge is -2.17. The van der Waals surface area contributed by atoms with Gasteiger partial charge in [0.1, 0.15) is 11.9 Å². The van der Waals surface area contributed by atoms with Crippen molar-refractivity contribution in [1.82, 2.24) is 0 Å². The minimum Gasteiger partial charge on any atom is -0.390 e. The average Bonchev–Trinajstić information content (AvgIpc) is 2.15. The van der Waals surface area contributed by atoms with E-state index in [1.54, 1.807) is 13.0 Å². The summed E-state index contributed by atoms with van der Waals surface area (Å²) in [4.78, 5) is 0. The number of aliphatic hydroxyl groups is 2. The van der Waals surface area contributed by atoms with Crippen molar-refractivity contribution in [2.24, 2.45) is 0 Å². The molecule has 1 aromatic rings. The molecule has 0 aliphatic carbocycles. The summed E-state index contributed by atoms with van der Waals surface area (Å²) in [5.41, 5.74) is 1.09. The molecule has 1 rings (SSSR count). The predicted octanol–water partition coefficient (Wildman–Crippen LogP) is 2.16. The Balaban J connectivity index is 2.85. The van der Waals surface area contributed by atoms with Crippen LogP contribution in [0, 0.1) is 12.7 Å². The second-order valence-electron chi connectivity index (χ2n) is 3.55. The Hall–Kier alpha value is -0.640. The van der Waals surface area contributed by atoms with E-state index >= 15 is 0 Å². The lowest BCUT2D eigenvalue weighted by atomic mass is 10.0. The number of hydrogen-bond acceptors (Lipinski definition) is 2. The maximum atomic E-state index is 13.0. The van der Waals surface area contributed by atoms with E-state index in [0.717, 1.165) is 0 Å². The molecule has 2 atom stereocenters. The van der Waals surface area contributed by atoms with Crippen LogP contribution in [0.25, 0.3) is 0 Å². The molecule has 0 saturated carbocycles. The van der Waals surface area contributed by atoms with Crippen LogP contribution in [-0.4, -0.2) is 22.2 Å². The summed E-state index contributed by atoms with van der Waals surface area (Å²) < 4.78 is 13.0. The van der Waals surface area contributed by atoms with Crippen molar-refractivity contribution in [1.29, 1.82) is 0 Å². The summed E-state index contributed by atoms with van der Waals surface area (Å²) in [7, 11) is 0. The number of alkyl halides is 1. The molecule has 0 bridgehead atoms. The highest BCUT2D eigenvalue weighted by Gasteiger charge is 2.18. The number of benzene rings is 1. The fraction of sp³-hybridized carbons (Fsp3) is 0.455. The normalized spacial score (nSPS) is 15.0. The largest absolute Gasteiger partial charge is 0.390 e. The Morgan fingerprint density at radius 3 is 2.53 bits per heavy atom. The molecule has 0 aromatic heterocycles. The van der Waals surface area contributed by atoms with E-state index in [2.05, 4.69) is 0 Å². The fourth-order valence-electron chi connectivity index (χ4n) is 1.43. The Morgan fingerprint density at radius 2 is 2.00 bits per heavy atom. The average molecular weight is 233 g/mol. The van der Waals surface area contributed by atoms with Crippen molar-refractivity contribution in [2.45, 2.75) is 25.6 Å². The van der Waals surface area contributed by atoms with Crippen LogP contribution in [0.4, 0.5) is 4.39 Å². The van der Waals surface area contributed by atoms with Gasteiger partial charge in [-0.05, 0) is 36.6 Å². The van der Waals surface area contributed by atoms with E-state index in [0.29, 0.717) is 11.1 Å². The maximum absolute atomic E-state index is 13.0. The van der Waals surface area contributed by atoms with Crippen LogP contribution >= 0.6 is 11.6 Å². The van der Waals surface area contributed by atoms with E-state index < -0.39 is 18.0 Å². The van der Waals surface area contributed by atoms with Gasteiger partial charge in [0.15, 0.2) is 0 Å². The van der Waals surface area contributed by atoms with E-state index in [-0.39, 0.29) is 12.3 Å². The summed E-state index contributed by atoms with van der Waals surface area (Å²) in [5, 5.41) is 19.2. The van der Waals surface area contributed by atoms with Gasteiger partial charge in [0, 0.05) is 5.88 Å². The first-order valence-electron chi connectivity index (χ1n) is 4.73.